The average molecular weight is 729 g/mol. The van der Waals surface area contributed by atoms with Crippen LogP contribution in [-0.4, -0.2) is 43.9 Å². The summed E-state index contributed by atoms with van der Waals surface area (Å²) in [6.07, 6.45) is 8.81. The maximum atomic E-state index is 12.8. The molecule has 2 aromatic carbocycles. The molecule has 6 nitrogen and oxygen atoms in total. The van der Waals surface area contributed by atoms with E-state index in [-0.39, 0.29) is 11.6 Å². The molecular formula is C43H67F3N4O2. The largest absolute Gasteiger partial charge is 0.416 e. The number of aryl methyl sites for hydroxylation is 3. The highest BCUT2D eigenvalue weighted by atomic mass is 19.4. The van der Waals surface area contributed by atoms with E-state index in [9.17, 15) is 22.8 Å². The molecule has 0 spiro atoms. The van der Waals surface area contributed by atoms with Crippen LogP contribution < -0.4 is 0 Å². The number of carbonyl (C=O) groups excluding carboxylic acids is 2. The summed E-state index contributed by atoms with van der Waals surface area (Å²) in [6.45, 7) is 28.0. The first-order valence-corrected chi connectivity index (χ1v) is 19.1. The minimum Gasteiger partial charge on any atom is -0.299 e. The van der Waals surface area contributed by atoms with Crippen molar-refractivity contribution in [3.63, 3.8) is 0 Å². The number of hydrogen-bond donors (Lipinski definition) is 0. The second-order valence-electron chi connectivity index (χ2n) is 11.8. The molecule has 52 heavy (non-hydrogen) atoms. The number of fused-ring (bicyclic) bond motifs is 1. The summed E-state index contributed by atoms with van der Waals surface area (Å²) in [5, 5.41) is 0. The van der Waals surface area contributed by atoms with Crippen LogP contribution in [0.15, 0.2) is 61.2 Å². The molecule has 0 saturated heterocycles. The number of imidazole rings is 1. The first-order valence-electron chi connectivity index (χ1n) is 19.1. The van der Waals surface area contributed by atoms with Crippen LogP contribution in [-0.2, 0) is 25.6 Å². The Kier molecular flexibility index (Phi) is 27.7. The van der Waals surface area contributed by atoms with Gasteiger partial charge in [-0.05, 0) is 87.5 Å². The molecule has 0 fully saturated rings. The fraction of sp³-hybridized carbons (Fsp3) is 0.535. The molecule has 0 saturated carbocycles. The number of carbonyl (C=O) groups is 2. The average Bonchev–Trinajstić information content (AvgIpc) is 3.56. The Morgan fingerprint density at radius 2 is 1.38 bits per heavy atom. The number of halogens is 3. The lowest BCUT2D eigenvalue weighted by atomic mass is 9.97. The number of aromatic nitrogens is 3. The molecule has 9 heteroatoms. The van der Waals surface area contributed by atoms with Crippen molar-refractivity contribution in [2.24, 2.45) is 0 Å². The molecular weight excluding hydrogens is 661 g/mol. The van der Waals surface area contributed by atoms with Crippen molar-refractivity contribution in [1.29, 1.82) is 0 Å². The topological polar surface area (TPSA) is 67.6 Å². The third-order valence-electron chi connectivity index (χ3n) is 7.14. The molecule has 0 aliphatic carbocycles. The lowest BCUT2D eigenvalue weighted by molar-refractivity contribution is -0.137. The molecule has 0 amide bonds. The third kappa shape index (κ3) is 19.1. The quantitative estimate of drug-likeness (QED) is 0.144. The predicted molar refractivity (Wildman–Crippen MR) is 214 cm³/mol. The summed E-state index contributed by atoms with van der Waals surface area (Å²) in [4.78, 5) is 32.3. The van der Waals surface area contributed by atoms with E-state index in [4.69, 9.17) is 0 Å². The van der Waals surface area contributed by atoms with Crippen molar-refractivity contribution in [3.05, 3.63) is 100 Å². The Labute approximate surface area is 313 Å². The van der Waals surface area contributed by atoms with Crippen LogP contribution in [0.1, 0.15) is 157 Å². The Balaban J connectivity index is 0. The molecule has 0 aliphatic heterocycles. The van der Waals surface area contributed by atoms with Gasteiger partial charge in [0.1, 0.15) is 5.69 Å². The van der Waals surface area contributed by atoms with E-state index in [0.29, 0.717) is 23.4 Å². The van der Waals surface area contributed by atoms with E-state index in [0.717, 1.165) is 56.3 Å². The smallest absolute Gasteiger partial charge is 0.299 e. The van der Waals surface area contributed by atoms with Crippen LogP contribution in [0.5, 0.6) is 0 Å². The number of hydrogen-bond acceptors (Lipinski definition) is 5. The molecule has 0 N–H and O–H groups in total. The Bertz CT molecular complexity index is 1540. The molecule has 292 valence electrons. The lowest BCUT2D eigenvalue weighted by Crippen LogP contribution is -2.25. The van der Waals surface area contributed by atoms with Crippen LogP contribution in [0.3, 0.4) is 0 Å². The molecule has 4 rings (SSSR count). The van der Waals surface area contributed by atoms with E-state index in [1.165, 1.54) is 36.6 Å². The van der Waals surface area contributed by atoms with E-state index in [2.05, 4.69) is 62.5 Å². The normalized spacial score (nSPS) is 10.2. The van der Waals surface area contributed by atoms with Crippen molar-refractivity contribution >= 4 is 17.2 Å². The zero-order valence-electron chi connectivity index (χ0n) is 34.4. The lowest BCUT2D eigenvalue weighted by Gasteiger charge is -2.22. The molecule has 0 atom stereocenters. The van der Waals surface area contributed by atoms with Crippen LogP contribution in [0.25, 0.3) is 5.65 Å². The monoisotopic (exact) mass is 729 g/mol. The number of rotatable bonds is 11. The summed E-state index contributed by atoms with van der Waals surface area (Å²) in [5.74, 6) is 0.163. The van der Waals surface area contributed by atoms with Crippen LogP contribution in [0, 0.1) is 6.92 Å². The highest BCUT2D eigenvalue weighted by molar-refractivity contribution is 5.94. The standard InChI is InChI=1S/C15H22F3N.C13H18O.C8H7N3O.C3H8.2C2H6/c1-4-6-19(7-5-2)11-13-8-12(3)9-14(10-13)15(16,17)18;1-4-6-12-7-8-13(10(3)14)9-11(12)5-2;1-6(12)7-4-10-8-5-9-2-3-11(7)8;1-3-2;2*1-2/h8-10H,4-7,11H2,1-3H3;7-9H,4-6H2,1-3H3;2-5H,1H3;3H2,1-2H3;2*1-2H3. The van der Waals surface area contributed by atoms with Crippen molar-refractivity contribution in [3.8, 4) is 0 Å². The predicted octanol–water partition coefficient (Wildman–Crippen LogP) is 12.4. The molecule has 4 aromatic rings. The minimum absolute atomic E-state index is 0.00806. The van der Waals surface area contributed by atoms with E-state index >= 15 is 0 Å². The zero-order valence-corrected chi connectivity index (χ0v) is 34.4. The highest BCUT2D eigenvalue weighted by Crippen LogP contribution is 2.31. The number of Topliss-reactive ketones (excluding diaryl/α,β-unsaturated/α-hetero) is 2. The van der Waals surface area contributed by atoms with Gasteiger partial charge in [-0.15, -0.1) is 0 Å². The second kappa shape index (κ2) is 28.7. The van der Waals surface area contributed by atoms with Gasteiger partial charge in [0, 0.05) is 31.4 Å². The Hall–Kier alpha value is -3.85. The zero-order chi connectivity index (χ0) is 40.3. The Morgan fingerprint density at radius 1 is 0.788 bits per heavy atom. The molecule has 2 heterocycles. The molecule has 0 aliphatic rings. The van der Waals surface area contributed by atoms with Gasteiger partial charge in [0.25, 0.3) is 0 Å². The maximum Gasteiger partial charge on any atom is 0.416 e. The van der Waals surface area contributed by atoms with E-state index in [1.54, 1.807) is 43.0 Å². The van der Waals surface area contributed by atoms with Crippen LogP contribution in [0.4, 0.5) is 13.2 Å². The van der Waals surface area contributed by atoms with Gasteiger partial charge < -0.3 is 0 Å². The van der Waals surface area contributed by atoms with Crippen LogP contribution in [0.2, 0.25) is 0 Å². The van der Waals surface area contributed by atoms with Crippen molar-refractivity contribution in [2.75, 3.05) is 13.1 Å². The van der Waals surface area contributed by atoms with Gasteiger partial charge >= 0.3 is 6.18 Å². The molecule has 0 unspecified atom stereocenters. The van der Waals surface area contributed by atoms with Crippen molar-refractivity contribution < 1.29 is 22.8 Å². The SMILES string of the molecule is CC.CC.CC(=O)c1cnc2cnccn12.CCC.CCCN(CCC)Cc1cc(C)cc(C(F)(F)F)c1.CCCc1ccc(C(C)=O)cc1CC. The molecule has 2 aromatic heterocycles. The number of alkyl halides is 3. The number of ketones is 2. The van der Waals surface area contributed by atoms with Gasteiger partial charge in [-0.2, -0.15) is 13.2 Å². The highest BCUT2D eigenvalue weighted by Gasteiger charge is 2.31. The number of nitrogens with zero attached hydrogens (tertiary/aromatic N) is 4. The second-order valence-corrected chi connectivity index (χ2v) is 11.8. The molecule has 0 radical (unpaired) electrons. The van der Waals surface area contributed by atoms with Crippen LogP contribution >= 0.6 is 0 Å². The summed E-state index contributed by atoms with van der Waals surface area (Å²) in [6, 6.07) is 10.4. The van der Waals surface area contributed by atoms with Gasteiger partial charge in [0.15, 0.2) is 17.2 Å². The maximum absolute atomic E-state index is 12.8. The van der Waals surface area contributed by atoms with E-state index in [1.807, 2.05) is 45.9 Å². The summed E-state index contributed by atoms with van der Waals surface area (Å²) >= 11 is 0. The van der Waals surface area contributed by atoms with Crippen molar-refractivity contribution in [2.45, 2.75) is 141 Å². The minimum atomic E-state index is -4.26. The summed E-state index contributed by atoms with van der Waals surface area (Å²) in [5.41, 5.74) is 5.69. The van der Waals surface area contributed by atoms with Crippen molar-refractivity contribution in [1.82, 2.24) is 19.3 Å². The fourth-order valence-corrected chi connectivity index (χ4v) is 5.07. The van der Waals surface area contributed by atoms with Gasteiger partial charge in [-0.25, -0.2) is 4.98 Å². The van der Waals surface area contributed by atoms with Gasteiger partial charge in [0.2, 0.25) is 0 Å². The van der Waals surface area contributed by atoms with Gasteiger partial charge in [-0.3, -0.25) is 23.9 Å². The first kappa shape index (κ1) is 50.3. The first-order chi connectivity index (χ1) is 24.7. The summed E-state index contributed by atoms with van der Waals surface area (Å²) < 4.78 is 40.0. The molecule has 0 bridgehead atoms. The Morgan fingerprint density at radius 3 is 1.87 bits per heavy atom. The fourth-order valence-electron chi connectivity index (χ4n) is 5.07. The van der Waals surface area contributed by atoms with E-state index < -0.39 is 11.7 Å². The van der Waals surface area contributed by atoms with Gasteiger partial charge in [0.05, 0.1) is 18.0 Å². The third-order valence-corrected chi connectivity index (χ3v) is 7.14. The number of benzene rings is 2. The van der Waals surface area contributed by atoms with Gasteiger partial charge in [-0.1, -0.05) is 106 Å². The summed E-state index contributed by atoms with van der Waals surface area (Å²) in [7, 11) is 0.